The summed E-state index contributed by atoms with van der Waals surface area (Å²) in [6.45, 7) is 4.31. The Morgan fingerprint density at radius 3 is 2.75 bits per heavy atom. The molecule has 1 atom stereocenters. The first kappa shape index (κ1) is 9.52. The summed E-state index contributed by atoms with van der Waals surface area (Å²) in [5.74, 6) is 0. The average molecular weight is 173 g/mol. The molecule has 70 valence electrons. The summed E-state index contributed by atoms with van der Waals surface area (Å²) < 4.78 is 18.7. The SMILES string of the molecule is CNC(C)(C)C(F)C1=COCC1. The Kier molecular flexibility index (Phi) is 2.73. The summed E-state index contributed by atoms with van der Waals surface area (Å²) in [5, 5.41) is 2.95. The van der Waals surface area contributed by atoms with Gasteiger partial charge in [-0.25, -0.2) is 4.39 Å². The molecule has 1 unspecified atom stereocenters. The van der Waals surface area contributed by atoms with Gasteiger partial charge in [-0.05, 0) is 20.9 Å². The molecular weight excluding hydrogens is 157 g/mol. The fraction of sp³-hybridized carbons (Fsp3) is 0.778. The number of rotatable bonds is 3. The molecule has 0 saturated heterocycles. The molecular formula is C9H16FNO. The number of hydrogen-bond donors (Lipinski definition) is 1. The van der Waals surface area contributed by atoms with Crippen LogP contribution in [0.1, 0.15) is 20.3 Å². The lowest BCUT2D eigenvalue weighted by Crippen LogP contribution is -2.46. The minimum absolute atomic E-state index is 0.500. The molecule has 0 aliphatic carbocycles. The second-order valence-electron chi connectivity index (χ2n) is 3.65. The van der Waals surface area contributed by atoms with Crippen molar-refractivity contribution in [2.45, 2.75) is 32.0 Å². The fourth-order valence-electron chi connectivity index (χ4n) is 1.18. The average Bonchev–Trinajstić information content (AvgIpc) is 2.55. The second kappa shape index (κ2) is 3.44. The fourth-order valence-corrected chi connectivity index (χ4v) is 1.18. The molecule has 0 bridgehead atoms. The third-order valence-corrected chi connectivity index (χ3v) is 2.35. The standard InChI is InChI=1S/C9H16FNO/c1-9(2,11-3)8(10)7-4-5-12-6-7/h6,8,11H,4-5H2,1-3H3. The lowest BCUT2D eigenvalue weighted by atomic mass is 9.92. The van der Waals surface area contributed by atoms with E-state index in [1.54, 1.807) is 13.3 Å². The predicted molar refractivity (Wildman–Crippen MR) is 46.7 cm³/mol. The summed E-state index contributed by atoms with van der Waals surface area (Å²) in [6.07, 6.45) is 1.31. The van der Waals surface area contributed by atoms with Crippen molar-refractivity contribution < 1.29 is 9.13 Å². The Morgan fingerprint density at radius 1 is 1.67 bits per heavy atom. The summed E-state index contributed by atoms with van der Waals surface area (Å²) >= 11 is 0. The number of halogens is 1. The first-order chi connectivity index (χ1) is 5.58. The van der Waals surface area contributed by atoms with Crippen LogP contribution in [-0.4, -0.2) is 25.4 Å². The highest BCUT2D eigenvalue weighted by Gasteiger charge is 2.32. The Morgan fingerprint density at radius 2 is 2.33 bits per heavy atom. The maximum absolute atomic E-state index is 13.7. The largest absolute Gasteiger partial charge is 0.501 e. The molecule has 1 heterocycles. The van der Waals surface area contributed by atoms with Crippen LogP contribution in [0.15, 0.2) is 11.8 Å². The van der Waals surface area contributed by atoms with Gasteiger partial charge in [0.05, 0.1) is 12.9 Å². The molecule has 2 nitrogen and oxygen atoms in total. The second-order valence-corrected chi connectivity index (χ2v) is 3.65. The van der Waals surface area contributed by atoms with Gasteiger partial charge in [0.15, 0.2) is 0 Å². The number of nitrogens with one attached hydrogen (secondary N) is 1. The van der Waals surface area contributed by atoms with Crippen molar-refractivity contribution in [3.8, 4) is 0 Å². The van der Waals surface area contributed by atoms with E-state index in [4.69, 9.17) is 4.74 Å². The first-order valence-corrected chi connectivity index (χ1v) is 4.21. The van der Waals surface area contributed by atoms with Crippen LogP contribution in [0.4, 0.5) is 4.39 Å². The molecule has 1 N–H and O–H groups in total. The molecule has 12 heavy (non-hydrogen) atoms. The molecule has 0 spiro atoms. The quantitative estimate of drug-likeness (QED) is 0.700. The highest BCUT2D eigenvalue weighted by atomic mass is 19.1. The lowest BCUT2D eigenvalue weighted by Gasteiger charge is -2.28. The van der Waals surface area contributed by atoms with Gasteiger partial charge >= 0.3 is 0 Å². The normalized spacial score (nSPS) is 20.2. The van der Waals surface area contributed by atoms with Crippen LogP contribution in [0, 0.1) is 0 Å². The summed E-state index contributed by atoms with van der Waals surface area (Å²) in [7, 11) is 1.77. The van der Waals surface area contributed by atoms with Gasteiger partial charge in [-0.2, -0.15) is 0 Å². The summed E-state index contributed by atoms with van der Waals surface area (Å²) in [4.78, 5) is 0. The molecule has 1 rings (SSSR count). The van der Waals surface area contributed by atoms with Gasteiger partial charge in [-0.3, -0.25) is 0 Å². The predicted octanol–water partition coefficient (Wildman–Crippen LogP) is 1.63. The molecule has 1 aliphatic rings. The topological polar surface area (TPSA) is 21.3 Å². The van der Waals surface area contributed by atoms with Crippen molar-refractivity contribution in [2.75, 3.05) is 13.7 Å². The third kappa shape index (κ3) is 1.78. The maximum atomic E-state index is 13.7. The van der Waals surface area contributed by atoms with Crippen LogP contribution in [0.25, 0.3) is 0 Å². The lowest BCUT2D eigenvalue weighted by molar-refractivity contribution is 0.220. The monoisotopic (exact) mass is 173 g/mol. The number of ether oxygens (including phenoxy) is 1. The molecule has 0 aromatic rings. The molecule has 0 aromatic heterocycles. The Bertz CT molecular complexity index is 189. The van der Waals surface area contributed by atoms with Gasteiger partial charge in [0.25, 0.3) is 0 Å². The molecule has 1 aliphatic heterocycles. The van der Waals surface area contributed by atoms with Crippen molar-refractivity contribution in [3.63, 3.8) is 0 Å². The molecule has 0 saturated carbocycles. The van der Waals surface area contributed by atoms with E-state index in [1.165, 1.54) is 0 Å². The zero-order valence-corrected chi connectivity index (χ0v) is 7.86. The molecule has 0 radical (unpaired) electrons. The van der Waals surface area contributed by atoms with Gasteiger partial charge in [0.2, 0.25) is 0 Å². The number of alkyl halides is 1. The van der Waals surface area contributed by atoms with E-state index in [9.17, 15) is 4.39 Å². The van der Waals surface area contributed by atoms with Crippen molar-refractivity contribution in [3.05, 3.63) is 11.8 Å². The van der Waals surface area contributed by atoms with Crippen LogP contribution in [-0.2, 0) is 4.74 Å². The minimum atomic E-state index is -0.954. The van der Waals surface area contributed by atoms with Gasteiger partial charge in [0.1, 0.15) is 6.17 Å². The van der Waals surface area contributed by atoms with E-state index >= 15 is 0 Å². The van der Waals surface area contributed by atoms with Crippen LogP contribution >= 0.6 is 0 Å². The van der Waals surface area contributed by atoms with E-state index in [-0.39, 0.29) is 0 Å². The van der Waals surface area contributed by atoms with E-state index in [1.807, 2.05) is 13.8 Å². The van der Waals surface area contributed by atoms with Crippen LogP contribution in [0.5, 0.6) is 0 Å². The van der Waals surface area contributed by atoms with Gasteiger partial charge in [-0.1, -0.05) is 0 Å². The molecule has 0 fully saturated rings. The van der Waals surface area contributed by atoms with Gasteiger partial charge < -0.3 is 10.1 Å². The van der Waals surface area contributed by atoms with Gasteiger partial charge in [-0.15, -0.1) is 0 Å². The summed E-state index contributed by atoms with van der Waals surface area (Å²) in [5.41, 5.74) is 0.258. The molecule has 0 amide bonds. The smallest absolute Gasteiger partial charge is 0.142 e. The van der Waals surface area contributed by atoms with Crippen LogP contribution in [0.2, 0.25) is 0 Å². The third-order valence-electron chi connectivity index (χ3n) is 2.35. The Hall–Kier alpha value is -0.570. The highest BCUT2D eigenvalue weighted by molar-refractivity contribution is 5.14. The van der Waals surface area contributed by atoms with Crippen molar-refractivity contribution >= 4 is 0 Å². The van der Waals surface area contributed by atoms with Crippen LogP contribution < -0.4 is 5.32 Å². The van der Waals surface area contributed by atoms with Crippen molar-refractivity contribution in [1.29, 1.82) is 0 Å². The summed E-state index contributed by atoms with van der Waals surface area (Å²) in [6, 6.07) is 0. The maximum Gasteiger partial charge on any atom is 0.142 e. The zero-order chi connectivity index (χ0) is 9.19. The molecule has 0 aromatic carbocycles. The zero-order valence-electron chi connectivity index (χ0n) is 7.86. The van der Waals surface area contributed by atoms with E-state index in [0.717, 1.165) is 5.57 Å². The highest BCUT2D eigenvalue weighted by Crippen LogP contribution is 2.25. The van der Waals surface area contributed by atoms with E-state index in [0.29, 0.717) is 13.0 Å². The Balaban J connectivity index is 2.62. The Labute approximate surface area is 72.8 Å². The van der Waals surface area contributed by atoms with Gasteiger partial charge in [0, 0.05) is 17.5 Å². The van der Waals surface area contributed by atoms with E-state index in [2.05, 4.69) is 5.32 Å². The first-order valence-electron chi connectivity index (χ1n) is 4.21. The van der Waals surface area contributed by atoms with Crippen LogP contribution in [0.3, 0.4) is 0 Å². The van der Waals surface area contributed by atoms with Crippen molar-refractivity contribution in [2.24, 2.45) is 0 Å². The minimum Gasteiger partial charge on any atom is -0.501 e. The molecule has 3 heteroatoms. The number of hydrogen-bond acceptors (Lipinski definition) is 2. The van der Waals surface area contributed by atoms with E-state index < -0.39 is 11.7 Å². The van der Waals surface area contributed by atoms with Crippen molar-refractivity contribution in [1.82, 2.24) is 5.32 Å².